The fraction of sp³-hybridized carbons (Fsp3) is 0.308. The molecule has 1 aromatic heterocycles. The molecule has 9 heteroatoms. The van der Waals surface area contributed by atoms with Crippen LogP contribution in [0.4, 0.5) is 10.6 Å². The fourth-order valence-corrected chi connectivity index (χ4v) is 4.34. The second-order valence-corrected chi connectivity index (χ2v) is 9.59. The molecule has 3 aromatic rings. The Hall–Kier alpha value is -4.14. The van der Waals surface area contributed by atoms with Gasteiger partial charge in [-0.3, -0.25) is 14.8 Å². The summed E-state index contributed by atoms with van der Waals surface area (Å²) in [6, 6.07) is 14.9. The number of aromatic nitrogens is 2. The van der Waals surface area contributed by atoms with Crippen LogP contribution < -0.4 is 10.6 Å². The first-order valence-corrected chi connectivity index (χ1v) is 11.3. The van der Waals surface area contributed by atoms with E-state index in [9.17, 15) is 19.5 Å². The fourth-order valence-electron chi connectivity index (χ4n) is 4.34. The van der Waals surface area contributed by atoms with Gasteiger partial charge in [0.1, 0.15) is 24.0 Å². The summed E-state index contributed by atoms with van der Waals surface area (Å²) in [4.78, 5) is 37.2. The summed E-state index contributed by atoms with van der Waals surface area (Å²) in [5.74, 6) is -1.81. The molecular formula is C26H28N4O5. The molecule has 2 amide bonds. The molecule has 0 saturated heterocycles. The van der Waals surface area contributed by atoms with Gasteiger partial charge in [0.15, 0.2) is 0 Å². The van der Waals surface area contributed by atoms with Crippen LogP contribution in [0, 0.1) is 5.41 Å². The second kappa shape index (κ2) is 9.25. The lowest BCUT2D eigenvalue weighted by atomic mass is 9.86. The van der Waals surface area contributed by atoms with Gasteiger partial charge in [-0.1, -0.05) is 69.3 Å². The van der Waals surface area contributed by atoms with E-state index < -0.39 is 29.4 Å². The maximum atomic E-state index is 12.8. The van der Waals surface area contributed by atoms with Gasteiger partial charge in [-0.15, -0.1) is 0 Å². The number of carbonyl (C=O) groups excluding carboxylic acids is 2. The van der Waals surface area contributed by atoms with Gasteiger partial charge in [-0.25, -0.2) is 9.59 Å². The number of benzene rings is 2. The standard InChI is InChI=1S/C26H28N4O5/c1-26(2,3)21(24(32)33)28-23(31)19-13-27-30(4)22(19)29-25(34)35-14-20-17-11-7-5-9-15(17)16-10-6-8-12-18(16)20/h5-13,20-21H,14H2,1-4H3,(H,28,31)(H,29,34)(H,32,33)/t21-/m1/s1. The molecule has 9 nitrogen and oxygen atoms in total. The zero-order valence-corrected chi connectivity index (χ0v) is 20.0. The smallest absolute Gasteiger partial charge is 0.412 e. The van der Waals surface area contributed by atoms with Gasteiger partial charge in [0.25, 0.3) is 5.91 Å². The Kier molecular flexibility index (Phi) is 6.34. The van der Waals surface area contributed by atoms with Crippen molar-refractivity contribution in [3.05, 3.63) is 71.4 Å². The van der Waals surface area contributed by atoms with Gasteiger partial charge in [0, 0.05) is 13.0 Å². The molecule has 0 saturated carbocycles. The zero-order valence-electron chi connectivity index (χ0n) is 20.0. The lowest BCUT2D eigenvalue weighted by Crippen LogP contribution is -2.49. The molecule has 1 atom stereocenters. The van der Waals surface area contributed by atoms with Crippen molar-refractivity contribution in [2.45, 2.75) is 32.7 Å². The number of amides is 2. The van der Waals surface area contributed by atoms with E-state index in [1.807, 2.05) is 36.4 Å². The number of hydrogen-bond donors (Lipinski definition) is 3. The number of fused-ring (bicyclic) bond motifs is 3. The monoisotopic (exact) mass is 476 g/mol. The van der Waals surface area contributed by atoms with E-state index in [0.29, 0.717) is 0 Å². The van der Waals surface area contributed by atoms with Crippen molar-refractivity contribution in [1.29, 1.82) is 0 Å². The number of hydrogen-bond acceptors (Lipinski definition) is 5. The van der Waals surface area contributed by atoms with E-state index >= 15 is 0 Å². The number of carboxylic acid groups (broad SMARTS) is 1. The van der Waals surface area contributed by atoms with Crippen LogP contribution in [0.15, 0.2) is 54.7 Å². The molecule has 0 spiro atoms. The molecule has 182 valence electrons. The molecule has 1 aliphatic rings. The first-order valence-electron chi connectivity index (χ1n) is 11.3. The van der Waals surface area contributed by atoms with Gasteiger partial charge >= 0.3 is 12.1 Å². The van der Waals surface area contributed by atoms with Crippen molar-refractivity contribution >= 4 is 23.8 Å². The van der Waals surface area contributed by atoms with E-state index in [1.165, 1.54) is 10.9 Å². The highest BCUT2D eigenvalue weighted by molar-refractivity contribution is 6.03. The van der Waals surface area contributed by atoms with Crippen molar-refractivity contribution in [1.82, 2.24) is 15.1 Å². The summed E-state index contributed by atoms with van der Waals surface area (Å²) in [5.41, 5.74) is 3.73. The van der Waals surface area contributed by atoms with Crippen LogP contribution in [0.3, 0.4) is 0 Å². The quantitative estimate of drug-likeness (QED) is 0.494. The molecule has 0 radical (unpaired) electrons. The number of rotatable bonds is 6. The Morgan fingerprint density at radius 2 is 1.63 bits per heavy atom. The van der Waals surface area contributed by atoms with Gasteiger partial charge in [-0.2, -0.15) is 5.10 Å². The van der Waals surface area contributed by atoms with Gasteiger partial charge in [0.2, 0.25) is 0 Å². The van der Waals surface area contributed by atoms with E-state index in [2.05, 4.69) is 27.9 Å². The van der Waals surface area contributed by atoms with Crippen molar-refractivity contribution in [2.24, 2.45) is 12.5 Å². The second-order valence-electron chi connectivity index (χ2n) is 9.59. The minimum atomic E-state index is -1.15. The first-order chi connectivity index (χ1) is 16.6. The molecule has 3 N–H and O–H groups in total. The van der Waals surface area contributed by atoms with Gasteiger partial charge in [0.05, 0.1) is 6.20 Å². The lowest BCUT2D eigenvalue weighted by molar-refractivity contribution is -0.142. The Morgan fingerprint density at radius 3 is 2.17 bits per heavy atom. The third-order valence-corrected chi connectivity index (χ3v) is 6.14. The molecule has 1 aliphatic carbocycles. The minimum absolute atomic E-state index is 0.0384. The van der Waals surface area contributed by atoms with Crippen LogP contribution in [0.5, 0.6) is 0 Å². The molecule has 4 rings (SSSR count). The number of aliphatic carboxylic acids is 1. The molecule has 0 bridgehead atoms. The number of ether oxygens (including phenoxy) is 1. The zero-order chi connectivity index (χ0) is 25.3. The molecule has 2 aromatic carbocycles. The van der Waals surface area contributed by atoms with Gasteiger partial charge in [-0.05, 0) is 27.7 Å². The minimum Gasteiger partial charge on any atom is -0.480 e. The van der Waals surface area contributed by atoms with Crippen LogP contribution in [0.1, 0.15) is 48.2 Å². The third-order valence-electron chi connectivity index (χ3n) is 6.14. The maximum absolute atomic E-state index is 12.8. The van der Waals surface area contributed by atoms with Crippen LogP contribution in [0.2, 0.25) is 0 Å². The summed E-state index contributed by atoms with van der Waals surface area (Å²) < 4.78 is 6.88. The predicted octanol–water partition coefficient (Wildman–Crippen LogP) is 4.01. The normalized spacial score (nSPS) is 13.5. The number of aryl methyl sites for hydroxylation is 1. The van der Waals surface area contributed by atoms with E-state index in [-0.39, 0.29) is 23.9 Å². The SMILES string of the molecule is Cn1ncc(C(=O)N[C@H](C(=O)O)C(C)(C)C)c1NC(=O)OCC1c2ccccc2-c2ccccc21. The maximum Gasteiger partial charge on any atom is 0.412 e. The first kappa shape index (κ1) is 24.0. The Balaban J connectivity index is 1.47. The number of nitrogens with one attached hydrogen (secondary N) is 2. The van der Waals surface area contributed by atoms with E-state index in [0.717, 1.165) is 22.3 Å². The van der Waals surface area contributed by atoms with E-state index in [1.54, 1.807) is 27.8 Å². The van der Waals surface area contributed by atoms with Crippen molar-refractivity contribution in [2.75, 3.05) is 11.9 Å². The largest absolute Gasteiger partial charge is 0.480 e. The number of nitrogens with zero attached hydrogens (tertiary/aromatic N) is 2. The highest BCUT2D eigenvalue weighted by Gasteiger charge is 2.34. The topological polar surface area (TPSA) is 123 Å². The van der Waals surface area contributed by atoms with Crippen molar-refractivity contribution in [3.63, 3.8) is 0 Å². The van der Waals surface area contributed by atoms with Crippen LogP contribution in [0.25, 0.3) is 11.1 Å². The Bertz CT molecular complexity index is 1250. The number of anilines is 1. The summed E-state index contributed by atoms with van der Waals surface area (Å²) in [6.45, 7) is 5.26. The summed E-state index contributed by atoms with van der Waals surface area (Å²) >= 11 is 0. The molecule has 0 unspecified atom stereocenters. The summed E-state index contributed by atoms with van der Waals surface area (Å²) in [6.07, 6.45) is 0.533. The van der Waals surface area contributed by atoms with Crippen molar-refractivity contribution < 1.29 is 24.2 Å². The highest BCUT2D eigenvalue weighted by Crippen LogP contribution is 2.44. The molecular weight excluding hydrogens is 448 g/mol. The lowest BCUT2D eigenvalue weighted by Gasteiger charge is -2.27. The summed E-state index contributed by atoms with van der Waals surface area (Å²) in [5, 5.41) is 18.7. The number of carboxylic acids is 1. The predicted molar refractivity (Wildman–Crippen MR) is 130 cm³/mol. The molecule has 35 heavy (non-hydrogen) atoms. The Labute approximate surface area is 203 Å². The van der Waals surface area contributed by atoms with Crippen LogP contribution in [-0.4, -0.2) is 45.5 Å². The van der Waals surface area contributed by atoms with Gasteiger partial charge < -0.3 is 15.2 Å². The third kappa shape index (κ3) is 4.75. The van der Waals surface area contributed by atoms with Crippen LogP contribution in [-0.2, 0) is 16.6 Å². The average molecular weight is 477 g/mol. The van der Waals surface area contributed by atoms with Crippen molar-refractivity contribution in [3.8, 4) is 11.1 Å². The molecule has 0 aliphatic heterocycles. The average Bonchev–Trinajstić information content (AvgIpc) is 3.33. The molecule has 0 fully saturated rings. The number of carbonyl (C=O) groups is 3. The molecule has 1 heterocycles. The van der Waals surface area contributed by atoms with E-state index in [4.69, 9.17) is 4.74 Å². The highest BCUT2D eigenvalue weighted by atomic mass is 16.5. The summed E-state index contributed by atoms with van der Waals surface area (Å²) in [7, 11) is 1.56. The Morgan fingerprint density at radius 1 is 1.06 bits per heavy atom. The van der Waals surface area contributed by atoms with Crippen LogP contribution >= 0.6 is 0 Å².